The van der Waals surface area contributed by atoms with Crippen molar-refractivity contribution in [3.63, 3.8) is 0 Å². The Bertz CT molecular complexity index is 499. The number of nitrogens with zero attached hydrogens (tertiary/aromatic N) is 3. The van der Waals surface area contributed by atoms with Crippen LogP contribution in [0, 0.1) is 0 Å². The van der Waals surface area contributed by atoms with Crippen molar-refractivity contribution >= 4 is 23.6 Å². The fourth-order valence-corrected chi connectivity index (χ4v) is 3.03. The molecular formula is C16H28N4O6. The second-order valence-electron chi connectivity index (χ2n) is 6.54. The van der Waals surface area contributed by atoms with Crippen molar-refractivity contribution in [2.24, 2.45) is 5.73 Å². The van der Waals surface area contributed by atoms with Gasteiger partial charge in [-0.2, -0.15) is 0 Å². The van der Waals surface area contributed by atoms with Crippen molar-refractivity contribution in [3.8, 4) is 0 Å². The van der Waals surface area contributed by atoms with Crippen molar-refractivity contribution < 1.29 is 29.4 Å². The van der Waals surface area contributed by atoms with Crippen LogP contribution in [0.5, 0.6) is 0 Å². The number of carboxylic acids is 2. The summed E-state index contributed by atoms with van der Waals surface area (Å²) in [6.07, 6.45) is 0.0553. The van der Waals surface area contributed by atoms with Gasteiger partial charge in [0.2, 0.25) is 5.91 Å². The van der Waals surface area contributed by atoms with Crippen LogP contribution in [-0.2, 0) is 19.2 Å². The van der Waals surface area contributed by atoms with E-state index >= 15 is 0 Å². The number of carboxylic acid groups (broad SMARTS) is 2. The zero-order chi connectivity index (χ0) is 19.7. The Morgan fingerprint density at radius 1 is 0.923 bits per heavy atom. The van der Waals surface area contributed by atoms with Crippen molar-refractivity contribution in [1.82, 2.24) is 14.7 Å². The van der Waals surface area contributed by atoms with E-state index in [2.05, 4.69) is 0 Å². The van der Waals surface area contributed by atoms with E-state index in [9.17, 15) is 24.3 Å². The molecule has 0 aromatic rings. The van der Waals surface area contributed by atoms with Crippen LogP contribution in [0.4, 0.5) is 0 Å². The molecule has 1 atom stereocenters. The molecule has 1 rings (SSSR count). The highest BCUT2D eigenvalue weighted by Gasteiger charge is 2.28. The fraction of sp³-hybridized carbons (Fsp3) is 0.750. The summed E-state index contributed by atoms with van der Waals surface area (Å²) in [5, 5.41) is 18.6. The van der Waals surface area contributed by atoms with Crippen LogP contribution in [0.3, 0.4) is 0 Å². The molecule has 10 heteroatoms. The molecule has 0 aromatic heterocycles. The Labute approximate surface area is 152 Å². The lowest BCUT2D eigenvalue weighted by atomic mass is 10.1. The maximum Gasteiger partial charge on any atom is 0.320 e. The Balaban J connectivity index is 2.90. The van der Waals surface area contributed by atoms with Crippen LogP contribution in [0.15, 0.2) is 0 Å². The summed E-state index contributed by atoms with van der Waals surface area (Å²) in [7, 11) is 0. The molecule has 1 unspecified atom stereocenters. The molecule has 0 radical (unpaired) electrons. The Morgan fingerprint density at radius 2 is 1.42 bits per heavy atom. The number of hydrogen-bond acceptors (Lipinski definition) is 7. The molecule has 1 fully saturated rings. The van der Waals surface area contributed by atoms with Crippen LogP contribution in [0.25, 0.3) is 0 Å². The Hall–Kier alpha value is -2.04. The van der Waals surface area contributed by atoms with Gasteiger partial charge in [0.05, 0.1) is 13.1 Å². The number of aliphatic carboxylic acids is 2. The highest BCUT2D eigenvalue weighted by atomic mass is 16.4. The van der Waals surface area contributed by atoms with E-state index in [1.54, 1.807) is 9.80 Å². The van der Waals surface area contributed by atoms with E-state index in [0.717, 1.165) is 0 Å². The third-order valence-electron chi connectivity index (χ3n) is 4.33. The Kier molecular flexibility index (Phi) is 9.17. The summed E-state index contributed by atoms with van der Waals surface area (Å²) in [6.45, 7) is 4.20. The number of rotatable bonds is 9. The summed E-state index contributed by atoms with van der Waals surface area (Å²) >= 11 is 0. The van der Waals surface area contributed by atoms with Crippen molar-refractivity contribution in [3.05, 3.63) is 0 Å². The lowest BCUT2D eigenvalue weighted by Crippen LogP contribution is -2.47. The van der Waals surface area contributed by atoms with Crippen LogP contribution < -0.4 is 5.73 Å². The lowest BCUT2D eigenvalue weighted by molar-refractivity contribution is -0.144. The number of amides is 1. The van der Waals surface area contributed by atoms with Gasteiger partial charge in [-0.1, -0.05) is 0 Å². The number of hydrogen-bond donors (Lipinski definition) is 3. The number of primary amides is 1. The maximum absolute atomic E-state index is 11.6. The average Bonchev–Trinajstić information content (AvgIpc) is 2.59. The SMILES string of the molecule is CC(=O)CN1CCN(CC(=O)O)CCN(C(CCC(N)=O)C(=O)O)CC1. The van der Waals surface area contributed by atoms with Gasteiger partial charge >= 0.3 is 11.9 Å². The second kappa shape index (κ2) is 10.8. The van der Waals surface area contributed by atoms with Crippen LogP contribution in [0.1, 0.15) is 19.8 Å². The number of Topliss-reactive ketones (excluding diaryl/α,β-unsaturated/α-hetero) is 1. The molecule has 10 nitrogen and oxygen atoms in total. The van der Waals surface area contributed by atoms with E-state index in [1.807, 2.05) is 4.90 Å². The number of ketones is 1. The fourth-order valence-electron chi connectivity index (χ4n) is 3.03. The molecule has 1 aliphatic heterocycles. The zero-order valence-corrected chi connectivity index (χ0v) is 15.1. The molecule has 4 N–H and O–H groups in total. The predicted octanol–water partition coefficient (Wildman–Crippen LogP) is -1.70. The molecule has 1 saturated heterocycles. The molecule has 0 saturated carbocycles. The first-order valence-electron chi connectivity index (χ1n) is 8.60. The topological polar surface area (TPSA) is 144 Å². The number of carbonyl (C=O) groups is 4. The van der Waals surface area contributed by atoms with Gasteiger partial charge in [-0.05, 0) is 13.3 Å². The normalized spacial score (nSPS) is 19.1. The Morgan fingerprint density at radius 3 is 1.85 bits per heavy atom. The first-order valence-corrected chi connectivity index (χ1v) is 8.60. The lowest BCUT2D eigenvalue weighted by Gasteiger charge is -2.30. The molecular weight excluding hydrogens is 344 g/mol. The minimum atomic E-state index is -1.05. The van der Waals surface area contributed by atoms with Gasteiger partial charge in [-0.3, -0.25) is 33.9 Å². The van der Waals surface area contributed by atoms with E-state index in [4.69, 9.17) is 10.8 Å². The van der Waals surface area contributed by atoms with Crippen LogP contribution in [-0.4, -0.2) is 107 Å². The summed E-state index contributed by atoms with van der Waals surface area (Å²) in [4.78, 5) is 50.5. The number of carbonyl (C=O) groups excluding carboxylic acids is 2. The summed E-state index contributed by atoms with van der Waals surface area (Å²) in [5.41, 5.74) is 5.14. The summed E-state index contributed by atoms with van der Waals surface area (Å²) < 4.78 is 0. The standard InChI is InChI=1S/C16H28N4O6/c1-12(21)10-18-4-5-19(11-15(23)24)7-9-20(8-6-18)13(16(25)26)2-3-14(17)22/h13H,2-11H2,1H3,(H2,17,22)(H,23,24)(H,25,26). The van der Waals surface area contributed by atoms with Gasteiger partial charge < -0.3 is 15.9 Å². The largest absolute Gasteiger partial charge is 0.480 e. The minimum absolute atomic E-state index is 0.0101. The third-order valence-corrected chi connectivity index (χ3v) is 4.33. The third kappa shape index (κ3) is 8.37. The van der Waals surface area contributed by atoms with Gasteiger partial charge in [0, 0.05) is 45.7 Å². The molecule has 1 aliphatic rings. The van der Waals surface area contributed by atoms with Crippen LogP contribution >= 0.6 is 0 Å². The van der Waals surface area contributed by atoms with Crippen molar-refractivity contribution in [1.29, 1.82) is 0 Å². The van der Waals surface area contributed by atoms with Crippen molar-refractivity contribution in [2.75, 3.05) is 52.4 Å². The predicted molar refractivity (Wildman–Crippen MR) is 92.6 cm³/mol. The maximum atomic E-state index is 11.6. The second-order valence-corrected chi connectivity index (χ2v) is 6.54. The first-order chi connectivity index (χ1) is 12.2. The van der Waals surface area contributed by atoms with Gasteiger partial charge in [-0.15, -0.1) is 0 Å². The van der Waals surface area contributed by atoms with Gasteiger partial charge in [0.1, 0.15) is 11.8 Å². The van der Waals surface area contributed by atoms with Gasteiger partial charge in [-0.25, -0.2) is 0 Å². The summed E-state index contributed by atoms with van der Waals surface area (Å²) in [5.74, 6) is -2.58. The van der Waals surface area contributed by atoms with E-state index in [1.165, 1.54) is 6.92 Å². The highest BCUT2D eigenvalue weighted by Crippen LogP contribution is 2.10. The minimum Gasteiger partial charge on any atom is -0.480 e. The molecule has 148 valence electrons. The smallest absolute Gasteiger partial charge is 0.320 e. The zero-order valence-electron chi connectivity index (χ0n) is 15.1. The highest BCUT2D eigenvalue weighted by molar-refractivity contribution is 5.78. The van der Waals surface area contributed by atoms with Gasteiger partial charge in [0.15, 0.2) is 0 Å². The number of nitrogens with two attached hydrogens (primary N) is 1. The molecule has 0 aliphatic carbocycles. The monoisotopic (exact) mass is 372 g/mol. The van der Waals surface area contributed by atoms with Crippen molar-refractivity contribution in [2.45, 2.75) is 25.8 Å². The van der Waals surface area contributed by atoms with E-state index < -0.39 is 23.9 Å². The van der Waals surface area contributed by atoms with Gasteiger partial charge in [0.25, 0.3) is 0 Å². The molecule has 0 bridgehead atoms. The molecule has 1 amide bonds. The summed E-state index contributed by atoms with van der Waals surface area (Å²) in [6, 6.07) is -0.883. The molecule has 1 heterocycles. The molecule has 26 heavy (non-hydrogen) atoms. The average molecular weight is 372 g/mol. The van der Waals surface area contributed by atoms with E-state index in [0.29, 0.717) is 39.3 Å². The first kappa shape index (κ1) is 22.0. The molecule has 0 spiro atoms. The van der Waals surface area contributed by atoms with Crippen LogP contribution in [0.2, 0.25) is 0 Å². The van der Waals surface area contributed by atoms with E-state index in [-0.39, 0.29) is 31.7 Å². The molecule has 0 aromatic carbocycles. The quantitative estimate of drug-likeness (QED) is 0.431.